The molecule has 1 rings (SSSR count). The highest BCUT2D eigenvalue weighted by atomic mass is 79.9. The summed E-state index contributed by atoms with van der Waals surface area (Å²) < 4.78 is 23.1. The quantitative estimate of drug-likeness (QED) is 0.785. The van der Waals surface area contributed by atoms with Crippen LogP contribution in [0.5, 0.6) is 0 Å². The predicted octanol–water partition coefficient (Wildman–Crippen LogP) is 2.28. The van der Waals surface area contributed by atoms with E-state index in [1.807, 2.05) is 0 Å². The molecule has 6 heteroatoms. The van der Waals surface area contributed by atoms with Crippen molar-refractivity contribution in [3.63, 3.8) is 0 Å². The Bertz CT molecular complexity index is 648. The lowest BCUT2D eigenvalue weighted by Gasteiger charge is -2.02. The third kappa shape index (κ3) is 3.42. The van der Waals surface area contributed by atoms with Crippen LogP contribution in [0.3, 0.4) is 0 Å². The number of benzene rings is 1. The second-order valence-electron chi connectivity index (χ2n) is 3.24. The van der Waals surface area contributed by atoms with Crippen molar-refractivity contribution in [3.05, 3.63) is 33.8 Å². The van der Waals surface area contributed by atoms with Gasteiger partial charge in [-0.05, 0) is 39.7 Å². The van der Waals surface area contributed by atoms with E-state index in [0.717, 1.165) is 6.26 Å². The fourth-order valence-electron chi connectivity index (χ4n) is 1.16. The summed E-state index contributed by atoms with van der Waals surface area (Å²) in [5, 5.41) is 17.2. The van der Waals surface area contributed by atoms with Crippen LogP contribution in [0.4, 0.5) is 0 Å². The van der Waals surface area contributed by atoms with Gasteiger partial charge >= 0.3 is 0 Å². The topological polar surface area (TPSA) is 81.7 Å². The predicted molar refractivity (Wildman–Crippen MR) is 66.5 cm³/mol. The van der Waals surface area contributed by atoms with Crippen LogP contribution in [0.15, 0.2) is 33.1 Å². The summed E-state index contributed by atoms with van der Waals surface area (Å²) in [7, 11) is -3.29. The monoisotopic (exact) mass is 310 g/mol. The fraction of sp³-hybridized carbons (Fsp3) is 0.0909. The number of allylic oxidation sites excluding steroid dienone is 1. The van der Waals surface area contributed by atoms with Gasteiger partial charge in [0.25, 0.3) is 0 Å². The SMILES string of the molecule is CS(=O)(=O)c1ccc(C=C(C#N)C#N)cc1Br. The minimum Gasteiger partial charge on any atom is -0.224 e. The first-order chi connectivity index (χ1) is 7.88. The van der Waals surface area contributed by atoms with E-state index < -0.39 is 9.84 Å². The molecule has 0 aliphatic rings. The Kier molecular flexibility index (Phi) is 4.06. The highest BCUT2D eigenvalue weighted by molar-refractivity contribution is 9.10. The van der Waals surface area contributed by atoms with E-state index in [4.69, 9.17) is 10.5 Å². The van der Waals surface area contributed by atoms with Crippen LogP contribution in [0.2, 0.25) is 0 Å². The fourth-order valence-corrected chi connectivity index (χ4v) is 3.17. The van der Waals surface area contributed by atoms with Crippen molar-refractivity contribution in [2.24, 2.45) is 0 Å². The molecule has 0 spiro atoms. The molecule has 86 valence electrons. The van der Waals surface area contributed by atoms with Gasteiger partial charge in [0.15, 0.2) is 9.84 Å². The Labute approximate surface area is 108 Å². The Balaban J connectivity index is 3.30. The third-order valence-electron chi connectivity index (χ3n) is 1.91. The molecule has 0 bridgehead atoms. The van der Waals surface area contributed by atoms with E-state index in [1.54, 1.807) is 18.2 Å². The number of nitrogens with zero attached hydrogens (tertiary/aromatic N) is 2. The summed E-state index contributed by atoms with van der Waals surface area (Å²) in [5.41, 5.74) is 0.548. The minimum atomic E-state index is -3.29. The van der Waals surface area contributed by atoms with Crippen molar-refractivity contribution < 1.29 is 8.42 Å². The molecule has 0 aliphatic heterocycles. The van der Waals surface area contributed by atoms with E-state index >= 15 is 0 Å². The van der Waals surface area contributed by atoms with E-state index in [1.165, 1.54) is 18.2 Å². The van der Waals surface area contributed by atoms with Crippen molar-refractivity contribution >= 4 is 31.8 Å². The molecule has 1 aromatic rings. The maximum absolute atomic E-state index is 11.3. The second-order valence-corrected chi connectivity index (χ2v) is 6.08. The van der Waals surface area contributed by atoms with E-state index in [2.05, 4.69) is 15.9 Å². The van der Waals surface area contributed by atoms with Crippen molar-refractivity contribution in [1.29, 1.82) is 10.5 Å². The second kappa shape index (κ2) is 5.13. The Morgan fingerprint density at radius 2 is 1.94 bits per heavy atom. The molecule has 0 heterocycles. The summed E-state index contributed by atoms with van der Waals surface area (Å²) >= 11 is 3.14. The summed E-state index contributed by atoms with van der Waals surface area (Å²) in [5.74, 6) is 0. The molecule has 0 amide bonds. The number of hydrogen-bond donors (Lipinski definition) is 0. The normalized spacial score (nSPS) is 10.1. The Morgan fingerprint density at radius 3 is 2.35 bits per heavy atom. The van der Waals surface area contributed by atoms with Gasteiger partial charge in [0.2, 0.25) is 0 Å². The van der Waals surface area contributed by atoms with Crippen molar-refractivity contribution in [2.45, 2.75) is 4.90 Å². The molecule has 0 fully saturated rings. The summed E-state index contributed by atoms with van der Waals surface area (Å²) in [6.45, 7) is 0. The van der Waals surface area contributed by atoms with Crippen molar-refractivity contribution in [3.8, 4) is 12.1 Å². The van der Waals surface area contributed by atoms with Gasteiger partial charge in [0.05, 0.1) is 4.90 Å². The lowest BCUT2D eigenvalue weighted by molar-refractivity contribution is 0.601. The summed E-state index contributed by atoms with van der Waals surface area (Å²) in [4.78, 5) is 0.171. The zero-order valence-corrected chi connectivity index (χ0v) is 11.2. The zero-order valence-electron chi connectivity index (χ0n) is 8.81. The molecule has 0 saturated carbocycles. The summed E-state index contributed by atoms with van der Waals surface area (Å²) in [6.07, 6.45) is 2.50. The molecule has 0 atom stereocenters. The van der Waals surface area contributed by atoms with Gasteiger partial charge in [0.1, 0.15) is 17.7 Å². The molecule has 0 unspecified atom stereocenters. The van der Waals surface area contributed by atoms with Crippen LogP contribution in [0.25, 0.3) is 6.08 Å². The van der Waals surface area contributed by atoms with Gasteiger partial charge in [-0.1, -0.05) is 6.07 Å². The van der Waals surface area contributed by atoms with E-state index in [9.17, 15) is 8.42 Å². The van der Waals surface area contributed by atoms with E-state index in [-0.39, 0.29) is 10.5 Å². The molecule has 4 nitrogen and oxygen atoms in total. The minimum absolute atomic E-state index is 0.0380. The van der Waals surface area contributed by atoms with Gasteiger partial charge in [0, 0.05) is 10.7 Å². The van der Waals surface area contributed by atoms with Crippen LogP contribution in [0.1, 0.15) is 5.56 Å². The molecule has 0 saturated heterocycles. The van der Waals surface area contributed by atoms with Crippen LogP contribution in [0, 0.1) is 22.7 Å². The number of hydrogen-bond acceptors (Lipinski definition) is 4. The number of rotatable bonds is 2. The first kappa shape index (κ1) is 13.4. The molecular weight excluding hydrogens is 304 g/mol. The number of sulfone groups is 1. The Morgan fingerprint density at radius 1 is 1.35 bits per heavy atom. The van der Waals surface area contributed by atoms with Crippen molar-refractivity contribution in [2.75, 3.05) is 6.26 Å². The maximum atomic E-state index is 11.3. The molecule has 0 N–H and O–H groups in total. The van der Waals surface area contributed by atoms with Gasteiger partial charge in [-0.3, -0.25) is 0 Å². The van der Waals surface area contributed by atoms with Crippen LogP contribution in [-0.4, -0.2) is 14.7 Å². The first-order valence-corrected chi connectivity index (χ1v) is 7.08. The van der Waals surface area contributed by atoms with Crippen LogP contribution in [-0.2, 0) is 9.84 Å². The van der Waals surface area contributed by atoms with Gasteiger partial charge in [-0.25, -0.2) is 8.42 Å². The first-order valence-electron chi connectivity index (χ1n) is 4.40. The maximum Gasteiger partial charge on any atom is 0.176 e. The van der Waals surface area contributed by atoms with Crippen LogP contribution >= 0.6 is 15.9 Å². The Hall–Kier alpha value is -1.63. The smallest absolute Gasteiger partial charge is 0.176 e. The molecule has 0 aliphatic carbocycles. The highest BCUT2D eigenvalue weighted by Crippen LogP contribution is 2.24. The molecule has 17 heavy (non-hydrogen) atoms. The lowest BCUT2D eigenvalue weighted by Crippen LogP contribution is -1.98. The third-order valence-corrected chi connectivity index (χ3v) is 3.98. The van der Waals surface area contributed by atoms with Crippen molar-refractivity contribution in [1.82, 2.24) is 0 Å². The number of halogens is 1. The average Bonchev–Trinajstić information content (AvgIpc) is 2.24. The van der Waals surface area contributed by atoms with E-state index in [0.29, 0.717) is 10.0 Å². The van der Waals surface area contributed by atoms with Gasteiger partial charge in [-0.15, -0.1) is 0 Å². The zero-order chi connectivity index (χ0) is 13.1. The molecule has 1 aromatic carbocycles. The molecule has 0 aromatic heterocycles. The summed E-state index contributed by atoms with van der Waals surface area (Å²) in [6, 6.07) is 7.97. The van der Waals surface area contributed by atoms with Gasteiger partial charge < -0.3 is 0 Å². The van der Waals surface area contributed by atoms with Gasteiger partial charge in [-0.2, -0.15) is 10.5 Å². The lowest BCUT2D eigenvalue weighted by atomic mass is 10.1. The molecular formula is C11H7BrN2O2S. The number of nitriles is 2. The van der Waals surface area contributed by atoms with Crippen LogP contribution < -0.4 is 0 Å². The largest absolute Gasteiger partial charge is 0.224 e. The molecule has 0 radical (unpaired) electrons. The highest BCUT2D eigenvalue weighted by Gasteiger charge is 2.11. The standard InChI is InChI=1S/C11H7BrN2O2S/c1-17(15,16)11-3-2-8(5-10(11)12)4-9(6-13)7-14/h2-5H,1H3. The average molecular weight is 311 g/mol.